The SMILES string of the molecule is CC1CN(C(=O)OC(C)(C)C)CC[C@@H]1N=C(N)N. The Morgan fingerprint density at radius 2 is 2.00 bits per heavy atom. The number of amides is 1. The molecule has 1 heterocycles. The zero-order valence-electron chi connectivity index (χ0n) is 11.6. The number of ether oxygens (including phenoxy) is 1. The van der Waals surface area contributed by atoms with E-state index in [0.717, 1.165) is 6.42 Å². The summed E-state index contributed by atoms with van der Waals surface area (Å²) in [5.74, 6) is 0.339. The number of carbonyl (C=O) groups is 1. The predicted octanol–water partition coefficient (Wildman–Crippen LogP) is 0.905. The Morgan fingerprint density at radius 1 is 1.39 bits per heavy atom. The van der Waals surface area contributed by atoms with Gasteiger partial charge in [-0.1, -0.05) is 6.92 Å². The van der Waals surface area contributed by atoms with E-state index in [4.69, 9.17) is 16.2 Å². The van der Waals surface area contributed by atoms with Crippen molar-refractivity contribution in [2.75, 3.05) is 13.1 Å². The van der Waals surface area contributed by atoms with Crippen LogP contribution in [-0.2, 0) is 4.74 Å². The number of rotatable bonds is 1. The summed E-state index contributed by atoms with van der Waals surface area (Å²) in [4.78, 5) is 17.8. The summed E-state index contributed by atoms with van der Waals surface area (Å²) in [6.45, 7) is 8.87. The molecule has 1 rings (SSSR count). The zero-order chi connectivity index (χ0) is 13.9. The van der Waals surface area contributed by atoms with E-state index in [0.29, 0.717) is 13.1 Å². The Kier molecular flexibility index (Phi) is 4.43. The molecule has 6 nitrogen and oxygen atoms in total. The molecule has 1 amide bonds. The maximum atomic E-state index is 11.9. The Hall–Kier alpha value is -1.46. The van der Waals surface area contributed by atoms with Gasteiger partial charge in [-0.15, -0.1) is 0 Å². The Balaban J connectivity index is 2.56. The van der Waals surface area contributed by atoms with Gasteiger partial charge in [-0.05, 0) is 33.1 Å². The van der Waals surface area contributed by atoms with Gasteiger partial charge in [0.15, 0.2) is 5.96 Å². The van der Waals surface area contributed by atoms with E-state index in [-0.39, 0.29) is 24.0 Å². The first kappa shape index (κ1) is 14.6. The van der Waals surface area contributed by atoms with Crippen LogP contribution in [0, 0.1) is 5.92 Å². The minimum absolute atomic E-state index is 0.0914. The topological polar surface area (TPSA) is 93.9 Å². The van der Waals surface area contributed by atoms with E-state index in [9.17, 15) is 4.79 Å². The van der Waals surface area contributed by atoms with Gasteiger partial charge in [0.1, 0.15) is 5.60 Å². The molecule has 6 heteroatoms. The van der Waals surface area contributed by atoms with Gasteiger partial charge in [0.25, 0.3) is 0 Å². The molecule has 1 unspecified atom stereocenters. The third kappa shape index (κ3) is 4.43. The van der Waals surface area contributed by atoms with E-state index < -0.39 is 5.60 Å². The van der Waals surface area contributed by atoms with Crippen molar-refractivity contribution in [2.24, 2.45) is 22.4 Å². The highest BCUT2D eigenvalue weighted by atomic mass is 16.6. The van der Waals surface area contributed by atoms with Crippen LogP contribution in [0.3, 0.4) is 0 Å². The summed E-state index contributed by atoms with van der Waals surface area (Å²) in [5, 5.41) is 0. The largest absolute Gasteiger partial charge is 0.444 e. The van der Waals surface area contributed by atoms with Gasteiger partial charge in [-0.2, -0.15) is 0 Å². The number of likely N-dealkylation sites (tertiary alicyclic amines) is 1. The molecule has 104 valence electrons. The van der Waals surface area contributed by atoms with Crippen molar-refractivity contribution in [3.8, 4) is 0 Å². The number of carbonyl (C=O) groups excluding carboxylic acids is 1. The van der Waals surface area contributed by atoms with E-state index in [1.807, 2.05) is 27.7 Å². The van der Waals surface area contributed by atoms with Crippen LogP contribution >= 0.6 is 0 Å². The molecular weight excluding hydrogens is 232 g/mol. The predicted molar refractivity (Wildman–Crippen MR) is 71.2 cm³/mol. The highest BCUT2D eigenvalue weighted by Crippen LogP contribution is 2.21. The van der Waals surface area contributed by atoms with Crippen LogP contribution in [0.25, 0.3) is 0 Å². The van der Waals surface area contributed by atoms with Crippen LogP contribution in [0.5, 0.6) is 0 Å². The molecule has 18 heavy (non-hydrogen) atoms. The van der Waals surface area contributed by atoms with Crippen LogP contribution in [0.4, 0.5) is 4.79 Å². The van der Waals surface area contributed by atoms with Crippen molar-refractivity contribution in [3.63, 3.8) is 0 Å². The van der Waals surface area contributed by atoms with Crippen LogP contribution in [0.2, 0.25) is 0 Å². The van der Waals surface area contributed by atoms with Gasteiger partial charge in [0.05, 0.1) is 6.04 Å². The Labute approximate surface area is 108 Å². The van der Waals surface area contributed by atoms with Crippen molar-refractivity contribution in [3.05, 3.63) is 0 Å². The molecule has 0 saturated carbocycles. The molecule has 0 aromatic rings. The lowest BCUT2D eigenvalue weighted by molar-refractivity contribution is 0.0159. The maximum absolute atomic E-state index is 11.9. The highest BCUT2D eigenvalue weighted by Gasteiger charge is 2.31. The molecule has 2 atom stereocenters. The normalized spacial score (nSPS) is 24.6. The Bertz CT molecular complexity index is 331. The third-order valence-electron chi connectivity index (χ3n) is 2.83. The first-order valence-corrected chi connectivity index (χ1v) is 6.25. The van der Waals surface area contributed by atoms with Crippen molar-refractivity contribution in [1.29, 1.82) is 0 Å². The van der Waals surface area contributed by atoms with Gasteiger partial charge in [0.2, 0.25) is 0 Å². The van der Waals surface area contributed by atoms with E-state index in [1.54, 1.807) is 4.90 Å². The first-order chi connectivity index (χ1) is 8.19. The summed E-state index contributed by atoms with van der Waals surface area (Å²) in [5.41, 5.74) is 10.3. The minimum atomic E-state index is -0.461. The molecule has 0 spiro atoms. The number of hydrogen-bond acceptors (Lipinski definition) is 3. The summed E-state index contributed by atoms with van der Waals surface area (Å²) < 4.78 is 5.34. The molecule has 0 aromatic carbocycles. The second-order valence-electron chi connectivity index (χ2n) is 5.81. The fourth-order valence-corrected chi connectivity index (χ4v) is 2.01. The quantitative estimate of drug-likeness (QED) is 0.538. The van der Waals surface area contributed by atoms with E-state index >= 15 is 0 Å². The van der Waals surface area contributed by atoms with Crippen LogP contribution in [-0.4, -0.2) is 41.7 Å². The smallest absolute Gasteiger partial charge is 0.410 e. The molecule has 1 aliphatic heterocycles. The summed E-state index contributed by atoms with van der Waals surface area (Å²) >= 11 is 0. The Morgan fingerprint density at radius 3 is 2.44 bits per heavy atom. The summed E-state index contributed by atoms with van der Waals surface area (Å²) in [6, 6.07) is 0.0914. The van der Waals surface area contributed by atoms with Gasteiger partial charge >= 0.3 is 6.09 Å². The molecule has 0 aromatic heterocycles. The number of piperidine rings is 1. The van der Waals surface area contributed by atoms with Gasteiger partial charge in [-0.25, -0.2) is 9.79 Å². The number of hydrogen-bond donors (Lipinski definition) is 2. The number of nitrogens with zero attached hydrogens (tertiary/aromatic N) is 2. The minimum Gasteiger partial charge on any atom is -0.444 e. The lowest BCUT2D eigenvalue weighted by Gasteiger charge is -2.35. The van der Waals surface area contributed by atoms with E-state index in [1.165, 1.54) is 0 Å². The van der Waals surface area contributed by atoms with Crippen molar-refractivity contribution < 1.29 is 9.53 Å². The lowest BCUT2D eigenvalue weighted by Crippen LogP contribution is -2.47. The fraction of sp³-hybridized carbons (Fsp3) is 0.833. The van der Waals surface area contributed by atoms with Gasteiger partial charge in [0, 0.05) is 13.1 Å². The molecule has 0 radical (unpaired) electrons. The second kappa shape index (κ2) is 5.46. The lowest BCUT2D eigenvalue weighted by atomic mass is 9.95. The zero-order valence-corrected chi connectivity index (χ0v) is 11.6. The molecule has 1 fully saturated rings. The number of nitrogens with two attached hydrogens (primary N) is 2. The molecule has 0 aliphatic carbocycles. The van der Waals surface area contributed by atoms with Crippen molar-refractivity contribution in [1.82, 2.24) is 4.90 Å². The number of aliphatic imine (C=N–C) groups is 1. The third-order valence-corrected chi connectivity index (χ3v) is 2.83. The van der Waals surface area contributed by atoms with Crippen LogP contribution < -0.4 is 11.5 Å². The second-order valence-corrected chi connectivity index (χ2v) is 5.81. The van der Waals surface area contributed by atoms with Gasteiger partial charge < -0.3 is 21.1 Å². The van der Waals surface area contributed by atoms with Crippen molar-refractivity contribution in [2.45, 2.75) is 45.8 Å². The average Bonchev–Trinajstić information content (AvgIpc) is 2.17. The highest BCUT2D eigenvalue weighted by molar-refractivity contribution is 5.76. The van der Waals surface area contributed by atoms with Gasteiger partial charge in [-0.3, -0.25) is 0 Å². The number of guanidine groups is 1. The standard InChI is InChI=1S/C12H24N4O2/c1-8-7-16(11(17)18-12(2,3)4)6-5-9(8)15-10(13)14/h8-9H,5-7H2,1-4H3,(H4,13,14,15)/t8?,9-/m0/s1. The molecule has 0 bridgehead atoms. The van der Waals surface area contributed by atoms with Crippen LogP contribution in [0.1, 0.15) is 34.1 Å². The molecule has 1 aliphatic rings. The first-order valence-electron chi connectivity index (χ1n) is 6.25. The van der Waals surface area contributed by atoms with Crippen molar-refractivity contribution >= 4 is 12.1 Å². The molecule has 4 N–H and O–H groups in total. The monoisotopic (exact) mass is 256 g/mol. The van der Waals surface area contributed by atoms with E-state index in [2.05, 4.69) is 4.99 Å². The molecular formula is C12H24N4O2. The van der Waals surface area contributed by atoms with Crippen LogP contribution in [0.15, 0.2) is 4.99 Å². The maximum Gasteiger partial charge on any atom is 0.410 e. The molecule has 1 saturated heterocycles. The summed E-state index contributed by atoms with van der Waals surface area (Å²) in [6.07, 6.45) is 0.496. The average molecular weight is 256 g/mol. The fourth-order valence-electron chi connectivity index (χ4n) is 2.01. The summed E-state index contributed by atoms with van der Waals surface area (Å²) in [7, 11) is 0.